The highest BCUT2D eigenvalue weighted by molar-refractivity contribution is 14.1. The van der Waals surface area contributed by atoms with Gasteiger partial charge in [0.15, 0.2) is 11.6 Å². The molecule has 160 valence electrons. The molecule has 4 N–H and O–H groups in total. The first kappa shape index (κ1) is 22.0. The Labute approximate surface area is 201 Å². The average molecular weight is 560 g/mol. The molecule has 0 bridgehead atoms. The van der Waals surface area contributed by atoms with Crippen molar-refractivity contribution in [1.82, 2.24) is 4.98 Å². The van der Waals surface area contributed by atoms with Crippen LogP contribution in [0.4, 0.5) is 21.5 Å². The molecule has 1 heterocycles. The van der Waals surface area contributed by atoms with Crippen molar-refractivity contribution in [3.8, 4) is 5.75 Å². The number of anilines is 3. The summed E-state index contributed by atoms with van der Waals surface area (Å²) in [4.78, 5) is 4.62. The van der Waals surface area contributed by atoms with Gasteiger partial charge in [0, 0.05) is 43.3 Å². The molecule has 4 aromatic rings. The van der Waals surface area contributed by atoms with Gasteiger partial charge in [0.2, 0.25) is 0 Å². The molecular weight excluding hydrogens is 544 g/mol. The number of hydrogen-bond donors (Lipinski definition) is 4. The Morgan fingerprint density at radius 1 is 1.09 bits per heavy atom. The standard InChI is InChI=1S/C23H16ClFIN5O/c24-13-8-14(26)10-16(9-13)29-19-2-1-3-20-17(19)5-6-21(30-20)22(31-27)12-28-15-4-7-23(32)18(25)11-15/h1-12,27-29,32H/b22-12-,31-27?. The third-order valence-electron chi connectivity index (χ3n) is 4.58. The van der Waals surface area contributed by atoms with Gasteiger partial charge in [-0.25, -0.2) is 14.9 Å². The second-order valence-corrected chi connectivity index (χ2v) is 8.49. The fourth-order valence-electron chi connectivity index (χ4n) is 3.10. The number of nitrogens with one attached hydrogen (secondary N) is 3. The second-order valence-electron chi connectivity index (χ2n) is 6.80. The molecule has 0 fully saturated rings. The Kier molecular flexibility index (Phi) is 6.52. The SMILES string of the molecule is N=N/C(=C\Nc1ccc(O)c(F)c1)c1ccc2c(Nc3cc(Cl)cc(I)c3)cccc2n1. The number of aromatic hydroxyl groups is 1. The topological polar surface area (TPSA) is 93.4 Å². The maximum Gasteiger partial charge on any atom is 0.166 e. The number of phenolic OH excluding ortho intramolecular Hbond substituents is 1. The van der Waals surface area contributed by atoms with Gasteiger partial charge in [0.25, 0.3) is 0 Å². The number of benzene rings is 3. The number of hydrogen-bond acceptors (Lipinski definition) is 6. The van der Waals surface area contributed by atoms with Gasteiger partial charge in [0.05, 0.1) is 11.2 Å². The van der Waals surface area contributed by atoms with E-state index >= 15 is 0 Å². The summed E-state index contributed by atoms with van der Waals surface area (Å²) >= 11 is 8.38. The van der Waals surface area contributed by atoms with Crippen molar-refractivity contribution >= 4 is 67.9 Å². The van der Waals surface area contributed by atoms with Crippen LogP contribution >= 0.6 is 34.2 Å². The highest BCUT2D eigenvalue weighted by atomic mass is 127. The summed E-state index contributed by atoms with van der Waals surface area (Å²) in [5.74, 6) is -1.18. The van der Waals surface area contributed by atoms with Gasteiger partial charge in [0.1, 0.15) is 5.70 Å². The van der Waals surface area contributed by atoms with E-state index in [9.17, 15) is 9.50 Å². The highest BCUT2D eigenvalue weighted by Gasteiger charge is 2.08. The van der Waals surface area contributed by atoms with Gasteiger partial charge in [-0.15, -0.1) is 0 Å². The van der Waals surface area contributed by atoms with Crippen molar-refractivity contribution in [1.29, 1.82) is 5.53 Å². The average Bonchev–Trinajstić information content (AvgIpc) is 2.76. The highest BCUT2D eigenvalue weighted by Crippen LogP contribution is 2.29. The van der Waals surface area contributed by atoms with Crippen LogP contribution in [0.1, 0.15) is 5.69 Å². The van der Waals surface area contributed by atoms with E-state index in [-0.39, 0.29) is 5.70 Å². The summed E-state index contributed by atoms with van der Waals surface area (Å²) in [5.41, 5.74) is 11.1. The second kappa shape index (κ2) is 9.49. The molecule has 4 rings (SSSR count). The first-order valence-corrected chi connectivity index (χ1v) is 10.8. The molecule has 0 amide bonds. The van der Waals surface area contributed by atoms with Crippen molar-refractivity contribution in [3.63, 3.8) is 0 Å². The smallest absolute Gasteiger partial charge is 0.166 e. The lowest BCUT2D eigenvalue weighted by molar-refractivity contribution is 0.432. The molecule has 0 aliphatic heterocycles. The predicted octanol–water partition coefficient (Wildman–Crippen LogP) is 7.52. The van der Waals surface area contributed by atoms with Gasteiger partial charge in [-0.05, 0) is 77.2 Å². The van der Waals surface area contributed by atoms with Crippen LogP contribution in [0.5, 0.6) is 5.75 Å². The molecule has 1 aromatic heterocycles. The van der Waals surface area contributed by atoms with Crippen molar-refractivity contribution in [2.75, 3.05) is 10.6 Å². The zero-order valence-electron chi connectivity index (χ0n) is 16.4. The molecule has 0 radical (unpaired) electrons. The molecule has 32 heavy (non-hydrogen) atoms. The van der Waals surface area contributed by atoms with Crippen molar-refractivity contribution < 1.29 is 9.50 Å². The molecule has 0 spiro atoms. The van der Waals surface area contributed by atoms with Gasteiger partial charge in [-0.3, -0.25) is 0 Å². The Hall–Kier alpha value is -3.24. The minimum atomic E-state index is -0.744. The van der Waals surface area contributed by atoms with E-state index in [1.807, 2.05) is 42.5 Å². The van der Waals surface area contributed by atoms with Crippen molar-refractivity contribution in [2.24, 2.45) is 5.11 Å². The number of halogens is 3. The molecule has 0 aliphatic rings. The van der Waals surface area contributed by atoms with Crippen LogP contribution in [-0.4, -0.2) is 10.1 Å². The van der Waals surface area contributed by atoms with E-state index in [4.69, 9.17) is 17.1 Å². The lowest BCUT2D eigenvalue weighted by Crippen LogP contribution is -1.96. The van der Waals surface area contributed by atoms with Gasteiger partial charge in [-0.2, -0.15) is 5.11 Å². The molecule has 0 unspecified atom stereocenters. The number of rotatable bonds is 6. The fraction of sp³-hybridized carbons (Fsp3) is 0. The van der Waals surface area contributed by atoms with Crippen LogP contribution in [0.25, 0.3) is 16.6 Å². The summed E-state index contributed by atoms with van der Waals surface area (Å²) < 4.78 is 14.5. The Bertz CT molecular complexity index is 1340. The number of fused-ring (bicyclic) bond motifs is 1. The summed E-state index contributed by atoms with van der Waals surface area (Å²) in [6, 6.07) is 19.0. The summed E-state index contributed by atoms with van der Waals surface area (Å²) in [7, 11) is 0. The number of phenols is 1. The molecule has 6 nitrogen and oxygen atoms in total. The van der Waals surface area contributed by atoms with Crippen LogP contribution in [0.3, 0.4) is 0 Å². The molecule has 0 atom stereocenters. The molecular formula is C23H16ClFIN5O. The third kappa shape index (κ3) is 4.97. The lowest BCUT2D eigenvalue weighted by atomic mass is 10.1. The monoisotopic (exact) mass is 559 g/mol. The largest absolute Gasteiger partial charge is 0.505 e. The Morgan fingerprint density at radius 3 is 2.69 bits per heavy atom. The van der Waals surface area contributed by atoms with Crippen LogP contribution in [0.2, 0.25) is 5.02 Å². The zero-order valence-corrected chi connectivity index (χ0v) is 19.3. The van der Waals surface area contributed by atoms with E-state index in [2.05, 4.69) is 43.3 Å². The van der Waals surface area contributed by atoms with Crippen LogP contribution in [-0.2, 0) is 0 Å². The van der Waals surface area contributed by atoms with Gasteiger partial charge < -0.3 is 15.7 Å². The van der Waals surface area contributed by atoms with E-state index in [0.717, 1.165) is 31.9 Å². The van der Waals surface area contributed by atoms with E-state index in [1.54, 1.807) is 6.07 Å². The summed E-state index contributed by atoms with van der Waals surface area (Å²) in [5, 5.41) is 20.6. The van der Waals surface area contributed by atoms with E-state index in [0.29, 0.717) is 16.4 Å². The van der Waals surface area contributed by atoms with Crippen LogP contribution in [0, 0.1) is 14.9 Å². The molecule has 0 saturated heterocycles. The first-order chi connectivity index (χ1) is 15.4. The molecule has 3 aromatic carbocycles. The number of aromatic nitrogens is 1. The maximum atomic E-state index is 13.5. The Balaban J connectivity index is 1.63. The summed E-state index contributed by atoms with van der Waals surface area (Å²) in [6.07, 6.45) is 1.46. The Morgan fingerprint density at radius 2 is 1.94 bits per heavy atom. The molecule has 9 heteroatoms. The van der Waals surface area contributed by atoms with Crippen LogP contribution < -0.4 is 10.6 Å². The van der Waals surface area contributed by atoms with Crippen molar-refractivity contribution in [2.45, 2.75) is 0 Å². The normalized spacial score (nSPS) is 11.4. The molecule has 0 saturated carbocycles. The zero-order chi connectivity index (χ0) is 22.7. The lowest BCUT2D eigenvalue weighted by Gasteiger charge is -2.11. The predicted molar refractivity (Wildman–Crippen MR) is 134 cm³/mol. The minimum Gasteiger partial charge on any atom is -0.505 e. The van der Waals surface area contributed by atoms with E-state index < -0.39 is 11.6 Å². The van der Waals surface area contributed by atoms with Gasteiger partial charge in [-0.1, -0.05) is 17.7 Å². The fourth-order valence-corrected chi connectivity index (χ4v) is 4.19. The van der Waals surface area contributed by atoms with E-state index in [1.165, 1.54) is 18.3 Å². The third-order valence-corrected chi connectivity index (χ3v) is 5.42. The van der Waals surface area contributed by atoms with Gasteiger partial charge >= 0.3 is 0 Å². The quantitative estimate of drug-likeness (QED) is 0.112. The van der Waals surface area contributed by atoms with Crippen molar-refractivity contribution in [3.05, 3.63) is 93.0 Å². The molecule has 0 aliphatic carbocycles. The minimum absolute atomic E-state index is 0.267. The summed E-state index contributed by atoms with van der Waals surface area (Å²) in [6.45, 7) is 0. The first-order valence-electron chi connectivity index (χ1n) is 9.39. The maximum absolute atomic E-state index is 13.5. The number of pyridine rings is 1. The number of nitrogens with zero attached hydrogens (tertiary/aromatic N) is 2. The van der Waals surface area contributed by atoms with Crippen LogP contribution in [0.15, 0.2) is 78.0 Å².